The Morgan fingerprint density at radius 1 is 0.963 bits per heavy atom. The Morgan fingerprint density at radius 3 is 2.41 bits per heavy atom. The summed E-state index contributed by atoms with van der Waals surface area (Å²) in [6, 6.07) is 18.8. The largest absolute Gasteiger partial charge is 0.446 e. The van der Waals surface area contributed by atoms with Crippen molar-refractivity contribution < 1.29 is 14.3 Å². The minimum Gasteiger partial charge on any atom is -0.446 e. The Bertz CT molecular complexity index is 737. The predicted octanol–water partition coefficient (Wildman–Crippen LogP) is 4.05. The quantitative estimate of drug-likeness (QED) is 0.746. The fourth-order valence-electron chi connectivity index (χ4n) is 3.22. The van der Waals surface area contributed by atoms with E-state index in [1.807, 2.05) is 60.7 Å². The van der Waals surface area contributed by atoms with E-state index in [1.165, 1.54) is 0 Å². The molecular weight excluding hydrogens is 342 g/mol. The van der Waals surface area contributed by atoms with Crippen LogP contribution in [0.3, 0.4) is 0 Å². The van der Waals surface area contributed by atoms with Crippen LogP contribution in [0.15, 0.2) is 60.7 Å². The average Bonchev–Trinajstić information content (AvgIpc) is 2.68. The number of hydrogen-bond acceptors (Lipinski definition) is 3. The number of ether oxygens (including phenoxy) is 1. The third-order valence-corrected chi connectivity index (χ3v) is 4.55. The lowest BCUT2D eigenvalue weighted by molar-refractivity contribution is 0.0776. The van der Waals surface area contributed by atoms with Crippen LogP contribution < -0.4 is 16.0 Å². The normalized spacial score (nSPS) is 19.0. The summed E-state index contributed by atoms with van der Waals surface area (Å²) in [5.41, 5.74) is 1.75. The van der Waals surface area contributed by atoms with Crippen molar-refractivity contribution in [2.45, 2.75) is 44.4 Å². The highest BCUT2D eigenvalue weighted by molar-refractivity contribution is 5.84. The first-order chi connectivity index (χ1) is 13.2. The molecule has 0 saturated heterocycles. The van der Waals surface area contributed by atoms with Crippen LogP contribution in [0.4, 0.5) is 15.3 Å². The van der Waals surface area contributed by atoms with Gasteiger partial charge >= 0.3 is 12.1 Å². The van der Waals surface area contributed by atoms with Gasteiger partial charge in [-0.1, -0.05) is 48.5 Å². The van der Waals surface area contributed by atoms with Crippen molar-refractivity contribution in [1.29, 1.82) is 0 Å². The Morgan fingerprint density at radius 2 is 1.67 bits per heavy atom. The van der Waals surface area contributed by atoms with Crippen LogP contribution in [0, 0.1) is 0 Å². The first-order valence-corrected chi connectivity index (χ1v) is 9.30. The minimum atomic E-state index is -0.458. The van der Waals surface area contributed by atoms with E-state index in [0.717, 1.165) is 24.8 Å². The Labute approximate surface area is 159 Å². The van der Waals surface area contributed by atoms with Gasteiger partial charge in [0, 0.05) is 24.7 Å². The van der Waals surface area contributed by atoms with Gasteiger partial charge in [-0.25, -0.2) is 9.59 Å². The second-order valence-corrected chi connectivity index (χ2v) is 6.69. The van der Waals surface area contributed by atoms with E-state index in [9.17, 15) is 9.59 Å². The van der Waals surface area contributed by atoms with Crippen LogP contribution in [-0.4, -0.2) is 24.3 Å². The van der Waals surface area contributed by atoms with E-state index in [4.69, 9.17) is 4.74 Å². The second-order valence-electron chi connectivity index (χ2n) is 6.69. The van der Waals surface area contributed by atoms with Crippen LogP contribution in [0.25, 0.3) is 0 Å². The van der Waals surface area contributed by atoms with Gasteiger partial charge in [0.15, 0.2) is 0 Å². The molecule has 6 heteroatoms. The lowest BCUT2D eigenvalue weighted by Gasteiger charge is -2.29. The number of benzene rings is 2. The van der Waals surface area contributed by atoms with Crippen LogP contribution in [-0.2, 0) is 11.3 Å². The molecule has 2 aromatic carbocycles. The SMILES string of the molecule is O=C(NCc1ccccc1)N[C@@H]1CCC[C@@H](OC(=O)Nc2ccccc2)C1. The number of para-hydroxylation sites is 1. The summed E-state index contributed by atoms with van der Waals surface area (Å²) >= 11 is 0. The number of anilines is 1. The second kappa shape index (κ2) is 9.62. The molecule has 3 N–H and O–H groups in total. The van der Waals surface area contributed by atoms with Gasteiger partial charge in [0.1, 0.15) is 6.10 Å². The number of nitrogens with one attached hydrogen (secondary N) is 3. The molecule has 6 nitrogen and oxygen atoms in total. The molecule has 1 fully saturated rings. The molecular formula is C21H25N3O3. The van der Waals surface area contributed by atoms with E-state index < -0.39 is 6.09 Å². The third kappa shape index (κ3) is 6.33. The zero-order valence-corrected chi connectivity index (χ0v) is 15.2. The predicted molar refractivity (Wildman–Crippen MR) is 104 cm³/mol. The standard InChI is InChI=1S/C21H25N3O3/c25-20(22-15-16-8-3-1-4-9-16)23-18-12-7-13-19(14-18)27-21(26)24-17-10-5-2-6-11-17/h1-6,8-11,18-19H,7,12-15H2,(H,24,26)(H2,22,23,25)/t18-,19-/m1/s1. The first kappa shape index (κ1) is 18.8. The van der Waals surface area contributed by atoms with Crippen molar-refractivity contribution >= 4 is 17.8 Å². The summed E-state index contributed by atoms with van der Waals surface area (Å²) in [5.74, 6) is 0. The fourth-order valence-corrected chi connectivity index (χ4v) is 3.22. The van der Waals surface area contributed by atoms with Crippen LogP contribution in [0.2, 0.25) is 0 Å². The number of carbonyl (C=O) groups is 2. The fraction of sp³-hybridized carbons (Fsp3) is 0.333. The molecule has 0 radical (unpaired) electrons. The van der Waals surface area contributed by atoms with E-state index in [2.05, 4.69) is 16.0 Å². The van der Waals surface area contributed by atoms with E-state index >= 15 is 0 Å². The van der Waals surface area contributed by atoms with Gasteiger partial charge in [-0.05, 0) is 37.0 Å². The van der Waals surface area contributed by atoms with E-state index in [-0.39, 0.29) is 18.2 Å². The van der Waals surface area contributed by atoms with E-state index in [1.54, 1.807) is 0 Å². The zero-order chi connectivity index (χ0) is 18.9. The molecule has 2 aromatic rings. The first-order valence-electron chi connectivity index (χ1n) is 9.30. The molecule has 1 aliphatic carbocycles. The van der Waals surface area contributed by atoms with Crippen molar-refractivity contribution in [2.24, 2.45) is 0 Å². The average molecular weight is 367 g/mol. The molecule has 0 spiro atoms. The molecule has 142 valence electrons. The third-order valence-electron chi connectivity index (χ3n) is 4.55. The van der Waals surface area contributed by atoms with Crippen molar-refractivity contribution in [3.05, 3.63) is 66.2 Å². The molecule has 0 heterocycles. The highest BCUT2D eigenvalue weighted by Crippen LogP contribution is 2.22. The van der Waals surface area contributed by atoms with Crippen molar-refractivity contribution in [3.8, 4) is 0 Å². The summed E-state index contributed by atoms with van der Waals surface area (Å²) in [6.45, 7) is 0.485. The van der Waals surface area contributed by atoms with Crippen LogP contribution in [0.5, 0.6) is 0 Å². The van der Waals surface area contributed by atoms with Crippen LogP contribution >= 0.6 is 0 Å². The number of rotatable bonds is 5. The molecule has 1 aliphatic rings. The highest BCUT2D eigenvalue weighted by atomic mass is 16.6. The number of carbonyl (C=O) groups excluding carboxylic acids is 2. The Kier molecular flexibility index (Phi) is 6.68. The monoisotopic (exact) mass is 367 g/mol. The van der Waals surface area contributed by atoms with Gasteiger partial charge in [-0.15, -0.1) is 0 Å². The van der Waals surface area contributed by atoms with Gasteiger partial charge < -0.3 is 15.4 Å². The highest BCUT2D eigenvalue weighted by Gasteiger charge is 2.26. The summed E-state index contributed by atoms with van der Waals surface area (Å²) in [7, 11) is 0. The molecule has 0 aliphatic heterocycles. The number of amides is 3. The smallest absolute Gasteiger partial charge is 0.411 e. The zero-order valence-electron chi connectivity index (χ0n) is 15.2. The topological polar surface area (TPSA) is 79.5 Å². The maximum atomic E-state index is 12.1. The Balaban J connectivity index is 1.40. The summed E-state index contributed by atoms with van der Waals surface area (Å²) in [5, 5.41) is 8.57. The number of hydrogen-bond donors (Lipinski definition) is 3. The summed E-state index contributed by atoms with van der Waals surface area (Å²) in [4.78, 5) is 24.1. The maximum absolute atomic E-state index is 12.1. The molecule has 3 amide bonds. The van der Waals surface area contributed by atoms with Gasteiger partial charge in [0.2, 0.25) is 0 Å². The molecule has 2 atom stereocenters. The number of urea groups is 1. The van der Waals surface area contributed by atoms with Gasteiger partial charge in [-0.2, -0.15) is 0 Å². The van der Waals surface area contributed by atoms with Gasteiger partial charge in [0.25, 0.3) is 0 Å². The molecule has 0 bridgehead atoms. The van der Waals surface area contributed by atoms with Gasteiger partial charge in [-0.3, -0.25) is 5.32 Å². The lowest BCUT2D eigenvalue weighted by Crippen LogP contribution is -2.45. The summed E-state index contributed by atoms with van der Waals surface area (Å²) < 4.78 is 5.51. The molecule has 1 saturated carbocycles. The van der Waals surface area contributed by atoms with Crippen LogP contribution in [0.1, 0.15) is 31.2 Å². The lowest BCUT2D eigenvalue weighted by atomic mass is 9.93. The minimum absolute atomic E-state index is 0.00375. The molecule has 27 heavy (non-hydrogen) atoms. The van der Waals surface area contributed by atoms with Crippen molar-refractivity contribution in [2.75, 3.05) is 5.32 Å². The van der Waals surface area contributed by atoms with Gasteiger partial charge in [0.05, 0.1) is 0 Å². The van der Waals surface area contributed by atoms with Crippen molar-refractivity contribution in [1.82, 2.24) is 10.6 Å². The summed E-state index contributed by atoms with van der Waals surface area (Å²) in [6.07, 6.45) is 2.58. The van der Waals surface area contributed by atoms with Crippen molar-refractivity contribution in [3.63, 3.8) is 0 Å². The van der Waals surface area contributed by atoms with E-state index in [0.29, 0.717) is 18.7 Å². The maximum Gasteiger partial charge on any atom is 0.411 e. The molecule has 0 unspecified atom stereocenters. The molecule has 0 aromatic heterocycles. The Hall–Kier alpha value is -3.02. The molecule has 3 rings (SSSR count).